The number of aromatic amines is 1. The molecule has 0 fully saturated rings. The van der Waals surface area contributed by atoms with Crippen molar-refractivity contribution in [3.63, 3.8) is 0 Å². The molecule has 4 aromatic rings. The Balaban J connectivity index is 1.54. The summed E-state index contributed by atoms with van der Waals surface area (Å²) in [6.45, 7) is 0. The van der Waals surface area contributed by atoms with Crippen LogP contribution in [0.2, 0.25) is 0 Å². The third-order valence-corrected chi connectivity index (χ3v) is 5.19. The van der Waals surface area contributed by atoms with Crippen LogP contribution < -0.4 is 10.7 Å². The van der Waals surface area contributed by atoms with Crippen molar-refractivity contribution in [2.24, 2.45) is 5.10 Å². The lowest BCUT2D eigenvalue weighted by Crippen LogP contribution is -2.18. The molecule has 0 saturated carbocycles. The second-order valence-electron chi connectivity index (χ2n) is 7.32. The highest BCUT2D eigenvalue weighted by atomic mass is 16.3. The highest BCUT2D eigenvalue weighted by Crippen LogP contribution is 2.34. The molecule has 1 aromatic heterocycles. The van der Waals surface area contributed by atoms with E-state index in [9.17, 15) is 14.7 Å². The summed E-state index contributed by atoms with van der Waals surface area (Å²) in [7, 11) is 0. The van der Waals surface area contributed by atoms with Crippen molar-refractivity contribution in [3.8, 4) is 17.0 Å². The minimum Gasteiger partial charge on any atom is -0.508 e. The third-order valence-electron chi connectivity index (χ3n) is 5.19. The van der Waals surface area contributed by atoms with Gasteiger partial charge in [-0.2, -0.15) is 5.10 Å². The van der Waals surface area contributed by atoms with Gasteiger partial charge in [-0.15, -0.1) is 0 Å². The molecule has 0 atom stereocenters. The van der Waals surface area contributed by atoms with Gasteiger partial charge >= 0.3 is 0 Å². The summed E-state index contributed by atoms with van der Waals surface area (Å²) in [5, 5.41) is 17.1. The van der Waals surface area contributed by atoms with Crippen LogP contribution in [0.5, 0.6) is 5.75 Å². The number of aromatic nitrogens is 1. The maximum atomic E-state index is 12.6. The molecule has 7 nitrogen and oxygen atoms in total. The minimum atomic E-state index is -0.340. The maximum absolute atomic E-state index is 12.6. The number of hydrogen-bond donors (Lipinski definition) is 4. The van der Waals surface area contributed by atoms with Crippen LogP contribution in [0.4, 0.5) is 5.69 Å². The number of rotatable bonds is 4. The molecule has 7 heteroatoms. The van der Waals surface area contributed by atoms with E-state index < -0.39 is 0 Å². The quantitative estimate of drug-likeness (QED) is 0.411. The molecular formula is C24H18N4O3. The number of anilines is 1. The predicted octanol–water partition coefficient (Wildman–Crippen LogP) is 3.80. The van der Waals surface area contributed by atoms with E-state index in [-0.39, 0.29) is 24.0 Å². The first-order valence-corrected chi connectivity index (χ1v) is 9.75. The number of nitrogens with one attached hydrogen (secondary N) is 3. The van der Waals surface area contributed by atoms with E-state index >= 15 is 0 Å². The number of carbonyl (C=O) groups excluding carboxylic acids is 2. The molecule has 0 unspecified atom stereocenters. The lowest BCUT2D eigenvalue weighted by Gasteiger charge is -2.08. The number of phenolic OH excluding ortho intramolecular Hbond substituents is 1. The first-order valence-electron chi connectivity index (χ1n) is 9.75. The van der Waals surface area contributed by atoms with E-state index in [1.807, 2.05) is 36.4 Å². The standard InChI is InChI=1S/C24H18N4O3/c29-17-8-6-14(7-9-17)10-21(30)26-16-11-18-22-19(13-25-28-24(18)31)23(27-20(22)12-16)15-4-2-1-3-5-15/h1-9,11-13,27,29H,10H2,(H,26,30)(H,28,31). The summed E-state index contributed by atoms with van der Waals surface area (Å²) < 4.78 is 0. The van der Waals surface area contributed by atoms with Crippen LogP contribution in [-0.2, 0) is 11.2 Å². The average molecular weight is 410 g/mol. The number of hydrogen-bond acceptors (Lipinski definition) is 4. The van der Waals surface area contributed by atoms with Crippen LogP contribution in [0.15, 0.2) is 71.8 Å². The molecule has 0 aliphatic carbocycles. The van der Waals surface area contributed by atoms with Crippen molar-refractivity contribution >= 4 is 34.6 Å². The van der Waals surface area contributed by atoms with Crippen LogP contribution in [0.25, 0.3) is 22.2 Å². The Bertz CT molecular complexity index is 1340. The van der Waals surface area contributed by atoms with Crippen molar-refractivity contribution in [1.29, 1.82) is 0 Å². The van der Waals surface area contributed by atoms with E-state index in [0.717, 1.165) is 33.3 Å². The highest BCUT2D eigenvalue weighted by Gasteiger charge is 2.22. The van der Waals surface area contributed by atoms with Gasteiger partial charge in [0.25, 0.3) is 5.91 Å². The van der Waals surface area contributed by atoms with Gasteiger partial charge < -0.3 is 15.4 Å². The molecule has 0 saturated heterocycles. The van der Waals surface area contributed by atoms with Crippen LogP contribution in [0.3, 0.4) is 0 Å². The number of benzene rings is 3. The SMILES string of the molecule is O=C(Cc1ccc(O)cc1)Nc1cc2c3c(c(-c4ccccc4)[nH]c3c1)C=NNC2=O. The van der Waals surface area contributed by atoms with Crippen LogP contribution in [0, 0.1) is 0 Å². The Morgan fingerprint density at radius 2 is 1.81 bits per heavy atom. The lowest BCUT2D eigenvalue weighted by atomic mass is 10.0. The molecule has 0 bridgehead atoms. The van der Waals surface area contributed by atoms with Crippen molar-refractivity contribution in [2.75, 3.05) is 5.32 Å². The zero-order chi connectivity index (χ0) is 21.4. The summed E-state index contributed by atoms with van der Waals surface area (Å²) >= 11 is 0. The van der Waals surface area contributed by atoms with Crippen LogP contribution in [0.1, 0.15) is 21.5 Å². The van der Waals surface area contributed by atoms with Crippen LogP contribution in [-0.4, -0.2) is 28.1 Å². The normalized spacial score (nSPS) is 12.5. The fourth-order valence-corrected chi connectivity index (χ4v) is 3.79. The van der Waals surface area contributed by atoms with Crippen molar-refractivity contribution in [3.05, 3.63) is 83.4 Å². The van der Waals surface area contributed by atoms with Gasteiger partial charge in [0.15, 0.2) is 0 Å². The number of nitrogens with zero attached hydrogens (tertiary/aromatic N) is 1. The molecule has 5 rings (SSSR count). The summed E-state index contributed by atoms with van der Waals surface area (Å²) in [4.78, 5) is 28.6. The molecule has 152 valence electrons. The molecule has 0 spiro atoms. The Kier molecular flexibility index (Phi) is 4.48. The summed E-state index contributed by atoms with van der Waals surface area (Å²) in [5.41, 5.74) is 7.61. The molecule has 0 radical (unpaired) electrons. The lowest BCUT2D eigenvalue weighted by molar-refractivity contribution is -0.115. The zero-order valence-corrected chi connectivity index (χ0v) is 16.3. The first kappa shape index (κ1) is 18.6. The van der Waals surface area contributed by atoms with E-state index in [1.54, 1.807) is 24.4 Å². The fraction of sp³-hybridized carbons (Fsp3) is 0.0417. The summed E-state index contributed by atoms with van der Waals surface area (Å²) in [6.07, 6.45) is 1.78. The smallest absolute Gasteiger partial charge is 0.272 e. The molecule has 3 aromatic carbocycles. The van der Waals surface area contributed by atoms with Gasteiger partial charge in [-0.1, -0.05) is 42.5 Å². The van der Waals surface area contributed by atoms with Gasteiger partial charge in [0.05, 0.1) is 23.9 Å². The van der Waals surface area contributed by atoms with Gasteiger partial charge in [0.2, 0.25) is 5.91 Å². The van der Waals surface area contributed by atoms with Crippen LogP contribution >= 0.6 is 0 Å². The number of carbonyl (C=O) groups is 2. The van der Waals surface area contributed by atoms with E-state index in [0.29, 0.717) is 11.3 Å². The average Bonchev–Trinajstić information content (AvgIpc) is 3.04. The number of amides is 2. The molecule has 31 heavy (non-hydrogen) atoms. The maximum Gasteiger partial charge on any atom is 0.272 e. The monoisotopic (exact) mass is 410 g/mol. The Morgan fingerprint density at radius 3 is 2.58 bits per heavy atom. The van der Waals surface area contributed by atoms with E-state index in [2.05, 4.69) is 20.8 Å². The molecule has 2 amide bonds. The number of phenols is 1. The van der Waals surface area contributed by atoms with Gasteiger partial charge in [-0.05, 0) is 35.4 Å². The van der Waals surface area contributed by atoms with Gasteiger partial charge in [-0.25, -0.2) is 5.43 Å². The third kappa shape index (κ3) is 3.53. The molecule has 4 N–H and O–H groups in total. The Labute approximate surface area is 177 Å². The zero-order valence-electron chi connectivity index (χ0n) is 16.3. The predicted molar refractivity (Wildman–Crippen MR) is 119 cm³/mol. The Morgan fingerprint density at radius 1 is 1.03 bits per heavy atom. The van der Waals surface area contributed by atoms with Crippen molar-refractivity contribution < 1.29 is 14.7 Å². The second kappa shape index (κ2) is 7.46. The van der Waals surface area contributed by atoms with Crippen molar-refractivity contribution in [2.45, 2.75) is 6.42 Å². The van der Waals surface area contributed by atoms with Gasteiger partial charge in [-0.3, -0.25) is 9.59 Å². The number of H-pyrrole nitrogens is 1. The van der Waals surface area contributed by atoms with Gasteiger partial charge in [0.1, 0.15) is 5.75 Å². The molecule has 2 heterocycles. The Hall–Kier alpha value is -4.39. The minimum absolute atomic E-state index is 0.147. The number of aromatic hydroxyl groups is 1. The summed E-state index contributed by atoms with van der Waals surface area (Å²) in [5.74, 6) is -0.416. The fourth-order valence-electron chi connectivity index (χ4n) is 3.79. The van der Waals surface area contributed by atoms with Gasteiger partial charge in [0, 0.05) is 22.2 Å². The van der Waals surface area contributed by atoms with E-state index in [4.69, 9.17) is 0 Å². The van der Waals surface area contributed by atoms with Crippen molar-refractivity contribution in [1.82, 2.24) is 10.4 Å². The molecule has 1 aliphatic heterocycles. The number of hydrazone groups is 1. The first-order chi connectivity index (χ1) is 15.1. The highest BCUT2D eigenvalue weighted by molar-refractivity contribution is 6.18. The second-order valence-corrected chi connectivity index (χ2v) is 7.32. The molecule has 1 aliphatic rings. The summed E-state index contributed by atoms with van der Waals surface area (Å²) in [6, 6.07) is 19.7. The largest absolute Gasteiger partial charge is 0.508 e. The molecular weight excluding hydrogens is 392 g/mol. The van der Waals surface area contributed by atoms with E-state index in [1.165, 1.54) is 12.1 Å². The topological polar surface area (TPSA) is 107 Å².